The Morgan fingerprint density at radius 1 is 0.966 bits per heavy atom. The van der Waals surface area contributed by atoms with Crippen LogP contribution in [0.1, 0.15) is 5.56 Å². The molecule has 0 radical (unpaired) electrons. The van der Waals surface area contributed by atoms with E-state index in [1.165, 1.54) is 6.08 Å². The molecular weight excluding hydrogens is 366 g/mol. The number of ether oxygens (including phenoxy) is 3. The Balaban J connectivity index is 1.44. The molecule has 146 valence electrons. The number of hydrogen-bond donors (Lipinski definition) is 1. The van der Waals surface area contributed by atoms with Gasteiger partial charge in [-0.15, -0.1) is 0 Å². The predicted molar refractivity (Wildman–Crippen MR) is 114 cm³/mol. The summed E-state index contributed by atoms with van der Waals surface area (Å²) in [6.07, 6.45) is 3.20. The van der Waals surface area contributed by atoms with Crippen LogP contribution in [0, 0.1) is 0 Å². The number of rotatable bonds is 5. The van der Waals surface area contributed by atoms with Crippen LogP contribution in [0.15, 0.2) is 72.8 Å². The minimum absolute atomic E-state index is 0.216. The van der Waals surface area contributed by atoms with Crippen molar-refractivity contribution in [2.24, 2.45) is 0 Å². The van der Waals surface area contributed by atoms with E-state index >= 15 is 0 Å². The van der Waals surface area contributed by atoms with Gasteiger partial charge in [-0.2, -0.15) is 0 Å². The van der Waals surface area contributed by atoms with Crippen LogP contribution in [0.4, 0.5) is 5.69 Å². The molecule has 0 bridgehead atoms. The van der Waals surface area contributed by atoms with Gasteiger partial charge in [0.15, 0.2) is 11.5 Å². The number of methoxy groups -OCH3 is 1. The van der Waals surface area contributed by atoms with Crippen molar-refractivity contribution in [2.45, 2.75) is 0 Å². The summed E-state index contributed by atoms with van der Waals surface area (Å²) >= 11 is 0. The van der Waals surface area contributed by atoms with Crippen molar-refractivity contribution in [3.05, 3.63) is 78.4 Å². The fourth-order valence-corrected chi connectivity index (χ4v) is 3.12. The normalized spacial score (nSPS) is 12.6. The fourth-order valence-electron chi connectivity index (χ4n) is 3.12. The molecule has 0 unspecified atom stereocenters. The number of fused-ring (bicyclic) bond motifs is 1. The smallest absolute Gasteiger partial charge is 0.248 e. The average molecular weight is 387 g/mol. The summed E-state index contributed by atoms with van der Waals surface area (Å²) in [6.45, 7) is 0.979. The van der Waals surface area contributed by atoms with Crippen LogP contribution in [0.2, 0.25) is 0 Å². The monoisotopic (exact) mass is 387 g/mol. The van der Waals surface area contributed by atoms with Gasteiger partial charge < -0.3 is 19.5 Å². The number of amides is 1. The molecule has 29 heavy (non-hydrogen) atoms. The Morgan fingerprint density at radius 3 is 2.45 bits per heavy atom. The van der Waals surface area contributed by atoms with E-state index < -0.39 is 0 Å². The van der Waals surface area contributed by atoms with Gasteiger partial charge in [0.05, 0.1) is 7.11 Å². The highest BCUT2D eigenvalue weighted by Gasteiger charge is 2.17. The van der Waals surface area contributed by atoms with Gasteiger partial charge in [-0.05, 0) is 47.0 Å². The highest BCUT2D eigenvalue weighted by Crippen LogP contribution is 2.40. The first-order valence-electron chi connectivity index (χ1n) is 9.35. The van der Waals surface area contributed by atoms with E-state index in [1.54, 1.807) is 13.2 Å². The number of anilines is 1. The molecule has 5 nitrogen and oxygen atoms in total. The van der Waals surface area contributed by atoms with Gasteiger partial charge in [-0.25, -0.2) is 0 Å². The Labute approximate surface area is 169 Å². The first-order chi connectivity index (χ1) is 14.2. The molecule has 1 N–H and O–H groups in total. The zero-order valence-corrected chi connectivity index (χ0v) is 16.1. The topological polar surface area (TPSA) is 56.8 Å². The molecule has 1 aliphatic heterocycles. The molecule has 1 heterocycles. The molecule has 0 spiro atoms. The highest BCUT2D eigenvalue weighted by atomic mass is 16.6. The van der Waals surface area contributed by atoms with Crippen LogP contribution in [-0.2, 0) is 4.79 Å². The Kier molecular flexibility index (Phi) is 5.47. The molecule has 1 aliphatic rings. The van der Waals surface area contributed by atoms with E-state index in [0.717, 1.165) is 22.4 Å². The summed E-state index contributed by atoms with van der Waals surface area (Å²) in [6, 6.07) is 21.5. The molecule has 3 aromatic carbocycles. The largest absolute Gasteiger partial charge is 0.493 e. The van der Waals surface area contributed by atoms with Gasteiger partial charge in [0, 0.05) is 11.8 Å². The van der Waals surface area contributed by atoms with Crippen molar-refractivity contribution in [1.29, 1.82) is 0 Å². The second-order valence-electron chi connectivity index (χ2n) is 6.51. The summed E-state index contributed by atoms with van der Waals surface area (Å²) in [5, 5.41) is 2.87. The molecule has 3 aromatic rings. The van der Waals surface area contributed by atoms with Crippen LogP contribution >= 0.6 is 0 Å². The fraction of sp³-hybridized carbons (Fsp3) is 0.125. The zero-order valence-electron chi connectivity index (χ0n) is 16.1. The molecular formula is C24H21NO4. The molecule has 0 fully saturated rings. The van der Waals surface area contributed by atoms with Crippen molar-refractivity contribution in [3.63, 3.8) is 0 Å². The second-order valence-corrected chi connectivity index (χ2v) is 6.51. The summed E-state index contributed by atoms with van der Waals surface area (Å²) in [5.41, 5.74) is 3.76. The third-order valence-corrected chi connectivity index (χ3v) is 4.54. The molecule has 1 amide bonds. The molecule has 4 rings (SSSR count). The maximum Gasteiger partial charge on any atom is 0.248 e. The summed E-state index contributed by atoms with van der Waals surface area (Å²) in [5.74, 6) is 1.58. The summed E-state index contributed by atoms with van der Waals surface area (Å²) < 4.78 is 16.6. The lowest BCUT2D eigenvalue weighted by Gasteiger charge is -2.20. The number of hydrogen-bond acceptors (Lipinski definition) is 4. The van der Waals surface area contributed by atoms with E-state index in [0.29, 0.717) is 30.5 Å². The van der Waals surface area contributed by atoms with E-state index in [2.05, 4.69) is 17.4 Å². The molecule has 0 atom stereocenters. The zero-order chi connectivity index (χ0) is 20.1. The standard InChI is InChI=1S/C24H21NO4/c1-27-21-15-17(16-22-24(21)29-14-13-28-22)7-12-23(26)25-20-10-8-19(9-11-20)18-5-3-2-4-6-18/h2-12,15-16H,13-14H2,1H3,(H,25,26)/b12-7+. The molecule has 0 aliphatic carbocycles. The Bertz CT molecular complexity index is 1010. The summed E-state index contributed by atoms with van der Waals surface area (Å²) in [7, 11) is 1.58. The van der Waals surface area contributed by atoms with Crippen molar-refractivity contribution >= 4 is 17.7 Å². The van der Waals surface area contributed by atoms with Gasteiger partial charge in [0.1, 0.15) is 13.2 Å². The van der Waals surface area contributed by atoms with Crippen molar-refractivity contribution in [1.82, 2.24) is 0 Å². The third kappa shape index (κ3) is 4.41. The molecule has 0 saturated carbocycles. The van der Waals surface area contributed by atoms with Gasteiger partial charge in [0.2, 0.25) is 11.7 Å². The number of carbonyl (C=O) groups excluding carboxylic acids is 1. The van der Waals surface area contributed by atoms with Gasteiger partial charge in [-0.3, -0.25) is 4.79 Å². The Hall–Kier alpha value is -3.73. The third-order valence-electron chi connectivity index (χ3n) is 4.54. The first kappa shape index (κ1) is 18.6. The van der Waals surface area contributed by atoms with Crippen LogP contribution in [0.5, 0.6) is 17.2 Å². The minimum atomic E-state index is -0.216. The van der Waals surface area contributed by atoms with Crippen LogP contribution in [-0.4, -0.2) is 26.2 Å². The van der Waals surface area contributed by atoms with Crippen molar-refractivity contribution < 1.29 is 19.0 Å². The number of carbonyl (C=O) groups is 1. The van der Waals surface area contributed by atoms with E-state index in [4.69, 9.17) is 14.2 Å². The van der Waals surface area contributed by atoms with E-state index in [-0.39, 0.29) is 5.91 Å². The first-order valence-corrected chi connectivity index (χ1v) is 9.35. The van der Waals surface area contributed by atoms with Crippen LogP contribution in [0.25, 0.3) is 17.2 Å². The Morgan fingerprint density at radius 2 is 1.69 bits per heavy atom. The van der Waals surface area contributed by atoms with E-state index in [9.17, 15) is 4.79 Å². The lowest BCUT2D eigenvalue weighted by atomic mass is 10.1. The maximum atomic E-state index is 12.3. The quantitative estimate of drug-likeness (QED) is 0.640. The average Bonchev–Trinajstić information content (AvgIpc) is 2.78. The van der Waals surface area contributed by atoms with Crippen molar-refractivity contribution in [3.8, 4) is 28.4 Å². The minimum Gasteiger partial charge on any atom is -0.493 e. The molecule has 0 aromatic heterocycles. The lowest BCUT2D eigenvalue weighted by Crippen LogP contribution is -2.16. The maximum absolute atomic E-state index is 12.3. The van der Waals surface area contributed by atoms with Gasteiger partial charge in [-0.1, -0.05) is 42.5 Å². The second kappa shape index (κ2) is 8.52. The summed E-state index contributed by atoms with van der Waals surface area (Å²) in [4.78, 5) is 12.3. The van der Waals surface area contributed by atoms with Gasteiger partial charge in [0.25, 0.3) is 0 Å². The predicted octanol–water partition coefficient (Wildman–Crippen LogP) is 4.79. The van der Waals surface area contributed by atoms with Crippen LogP contribution < -0.4 is 19.5 Å². The molecule has 0 saturated heterocycles. The molecule has 5 heteroatoms. The number of nitrogens with one attached hydrogen (secondary N) is 1. The SMILES string of the molecule is COc1cc(/C=C/C(=O)Nc2ccc(-c3ccccc3)cc2)cc2c1OCCO2. The van der Waals surface area contributed by atoms with Gasteiger partial charge >= 0.3 is 0 Å². The van der Waals surface area contributed by atoms with Crippen LogP contribution in [0.3, 0.4) is 0 Å². The number of benzene rings is 3. The van der Waals surface area contributed by atoms with E-state index in [1.807, 2.05) is 54.6 Å². The van der Waals surface area contributed by atoms with Crippen molar-refractivity contribution in [2.75, 3.05) is 25.6 Å². The highest BCUT2D eigenvalue weighted by molar-refractivity contribution is 6.02. The lowest BCUT2D eigenvalue weighted by molar-refractivity contribution is -0.111.